The summed E-state index contributed by atoms with van der Waals surface area (Å²) in [5.41, 5.74) is 6.37. The summed E-state index contributed by atoms with van der Waals surface area (Å²) >= 11 is 2.35. The molecule has 0 nitrogen and oxygen atoms in total. The van der Waals surface area contributed by atoms with Gasteiger partial charge in [0.2, 0.25) is 0 Å². The molecule has 0 aliphatic rings. The Kier molecular flexibility index (Phi) is 3.88. The van der Waals surface area contributed by atoms with Crippen LogP contribution in [0.3, 0.4) is 0 Å². The van der Waals surface area contributed by atoms with Gasteiger partial charge in [0.1, 0.15) is 0 Å². The van der Waals surface area contributed by atoms with Gasteiger partial charge in [0.15, 0.2) is 0 Å². The largest absolute Gasteiger partial charge is 0.0614 e. The minimum Gasteiger partial charge on any atom is -0.0614 e. The molecule has 0 heterocycles. The van der Waals surface area contributed by atoms with Crippen molar-refractivity contribution in [1.29, 1.82) is 0 Å². The van der Waals surface area contributed by atoms with E-state index in [1.165, 1.54) is 31.4 Å². The second kappa shape index (κ2) is 5.80. The van der Waals surface area contributed by atoms with Crippen molar-refractivity contribution in [2.75, 3.05) is 0 Å². The van der Waals surface area contributed by atoms with Gasteiger partial charge in [0.05, 0.1) is 0 Å². The molecule has 0 atom stereocenters. The molecule has 0 aliphatic carbocycles. The highest BCUT2D eigenvalue weighted by atomic mass is 127. The van der Waals surface area contributed by atoms with Crippen molar-refractivity contribution in [2.45, 2.75) is 6.92 Å². The Labute approximate surface area is 133 Å². The van der Waals surface area contributed by atoms with Crippen molar-refractivity contribution in [3.05, 3.63) is 81.9 Å². The molecule has 0 spiro atoms. The van der Waals surface area contributed by atoms with E-state index < -0.39 is 0 Å². The van der Waals surface area contributed by atoms with Crippen molar-refractivity contribution in [1.82, 2.24) is 0 Å². The smallest absolute Gasteiger partial charge is 0.0136 e. The van der Waals surface area contributed by atoms with Crippen LogP contribution >= 0.6 is 22.6 Å². The van der Waals surface area contributed by atoms with Crippen LogP contribution < -0.4 is 0 Å². The first-order valence-corrected chi connectivity index (χ1v) is 7.73. The number of rotatable bonds is 2. The van der Waals surface area contributed by atoms with Crippen LogP contribution in [0.4, 0.5) is 0 Å². The van der Waals surface area contributed by atoms with E-state index in [0.717, 1.165) is 0 Å². The summed E-state index contributed by atoms with van der Waals surface area (Å²) in [4.78, 5) is 0. The van der Waals surface area contributed by atoms with E-state index in [2.05, 4.69) is 102 Å². The summed E-state index contributed by atoms with van der Waals surface area (Å²) in [5.74, 6) is 0. The lowest BCUT2D eigenvalue weighted by molar-refractivity contribution is 1.47. The Morgan fingerprint density at radius 3 is 1.70 bits per heavy atom. The molecule has 0 aromatic heterocycles. The Morgan fingerprint density at radius 2 is 1.15 bits per heavy atom. The zero-order valence-corrected chi connectivity index (χ0v) is 13.5. The van der Waals surface area contributed by atoms with E-state index in [1.54, 1.807) is 0 Å². The van der Waals surface area contributed by atoms with E-state index in [4.69, 9.17) is 0 Å². The third-order valence-electron chi connectivity index (χ3n) is 3.39. The topological polar surface area (TPSA) is 0 Å². The first-order valence-electron chi connectivity index (χ1n) is 6.65. The van der Waals surface area contributed by atoms with Gasteiger partial charge < -0.3 is 0 Å². The van der Waals surface area contributed by atoms with Crippen LogP contribution in [0.5, 0.6) is 0 Å². The fraction of sp³-hybridized carbons (Fsp3) is 0.0526. The summed E-state index contributed by atoms with van der Waals surface area (Å²) in [7, 11) is 0. The molecule has 98 valence electrons. The number of halogens is 1. The molecule has 0 amide bonds. The maximum absolute atomic E-state index is 2.35. The molecule has 0 bridgehead atoms. The van der Waals surface area contributed by atoms with Gasteiger partial charge in [-0.1, -0.05) is 66.2 Å². The zero-order valence-electron chi connectivity index (χ0n) is 11.3. The molecule has 3 aromatic carbocycles. The summed E-state index contributed by atoms with van der Waals surface area (Å²) < 4.78 is 1.27. The highest BCUT2D eigenvalue weighted by molar-refractivity contribution is 14.1. The number of hydrogen-bond donors (Lipinski definition) is 0. The van der Waals surface area contributed by atoms with Gasteiger partial charge in [-0.05, 0) is 63.9 Å². The van der Waals surface area contributed by atoms with E-state index >= 15 is 0 Å². The maximum Gasteiger partial charge on any atom is 0.0136 e. The third-order valence-corrected chi connectivity index (χ3v) is 4.07. The fourth-order valence-electron chi connectivity index (χ4n) is 2.35. The summed E-state index contributed by atoms with van der Waals surface area (Å²) in [6.07, 6.45) is 0. The molecule has 0 N–H and O–H groups in total. The van der Waals surface area contributed by atoms with Gasteiger partial charge in [-0.2, -0.15) is 0 Å². The predicted molar refractivity (Wildman–Crippen MR) is 94.8 cm³/mol. The van der Waals surface area contributed by atoms with E-state index in [-0.39, 0.29) is 0 Å². The van der Waals surface area contributed by atoms with E-state index in [9.17, 15) is 0 Å². The summed E-state index contributed by atoms with van der Waals surface area (Å²) in [5, 5.41) is 0. The van der Waals surface area contributed by atoms with Crippen molar-refractivity contribution >= 4 is 22.6 Å². The van der Waals surface area contributed by atoms with E-state index in [0.29, 0.717) is 0 Å². The lowest BCUT2D eigenvalue weighted by Crippen LogP contribution is -1.82. The van der Waals surface area contributed by atoms with Crippen LogP contribution in [0, 0.1) is 10.5 Å². The Bertz CT molecular complexity index is 662. The number of benzene rings is 3. The van der Waals surface area contributed by atoms with Crippen LogP contribution in [-0.2, 0) is 0 Å². The van der Waals surface area contributed by atoms with Crippen LogP contribution in [0.1, 0.15) is 5.56 Å². The molecule has 1 heteroatoms. The van der Waals surface area contributed by atoms with Crippen LogP contribution in [0.15, 0.2) is 72.8 Å². The van der Waals surface area contributed by atoms with Crippen LogP contribution in [-0.4, -0.2) is 0 Å². The van der Waals surface area contributed by atoms with Gasteiger partial charge in [0.25, 0.3) is 0 Å². The van der Waals surface area contributed by atoms with Gasteiger partial charge in [-0.15, -0.1) is 0 Å². The molecule has 0 aliphatic heterocycles. The number of hydrogen-bond acceptors (Lipinski definition) is 0. The van der Waals surface area contributed by atoms with E-state index in [1.807, 2.05) is 0 Å². The lowest BCUT2D eigenvalue weighted by Gasteiger charge is -2.06. The second-order valence-corrected chi connectivity index (χ2v) is 6.20. The first-order chi connectivity index (χ1) is 9.72. The molecule has 0 fully saturated rings. The minimum atomic E-state index is 1.26. The van der Waals surface area contributed by atoms with Crippen molar-refractivity contribution in [3.8, 4) is 22.3 Å². The van der Waals surface area contributed by atoms with Crippen molar-refractivity contribution < 1.29 is 0 Å². The second-order valence-electron chi connectivity index (χ2n) is 4.96. The molecular weight excluding hydrogens is 355 g/mol. The highest BCUT2D eigenvalue weighted by Crippen LogP contribution is 2.26. The average molecular weight is 370 g/mol. The Hall–Kier alpha value is -1.61. The quantitative estimate of drug-likeness (QED) is 0.490. The highest BCUT2D eigenvalue weighted by Gasteiger charge is 2.01. The first kappa shape index (κ1) is 13.4. The molecular formula is C19H15I. The summed E-state index contributed by atoms with van der Waals surface area (Å²) in [6, 6.07) is 26.0. The number of aryl methyl sites for hydroxylation is 1. The molecule has 3 rings (SSSR count). The monoisotopic (exact) mass is 370 g/mol. The maximum atomic E-state index is 2.35. The fourth-order valence-corrected chi connectivity index (χ4v) is 2.89. The Balaban J connectivity index is 1.96. The SMILES string of the molecule is Cc1cccc(-c2ccc(-c3cccc(I)c3)cc2)c1. The molecule has 0 radical (unpaired) electrons. The van der Waals surface area contributed by atoms with Gasteiger partial charge in [-0.25, -0.2) is 0 Å². The van der Waals surface area contributed by atoms with Gasteiger partial charge in [0, 0.05) is 3.57 Å². The van der Waals surface area contributed by atoms with Crippen LogP contribution in [0.2, 0.25) is 0 Å². The molecule has 0 saturated carbocycles. The molecule has 0 saturated heterocycles. The zero-order chi connectivity index (χ0) is 13.9. The van der Waals surface area contributed by atoms with Gasteiger partial charge >= 0.3 is 0 Å². The molecule has 3 aromatic rings. The third kappa shape index (κ3) is 2.93. The van der Waals surface area contributed by atoms with Crippen molar-refractivity contribution in [2.24, 2.45) is 0 Å². The average Bonchev–Trinajstić information content (AvgIpc) is 2.47. The van der Waals surface area contributed by atoms with Crippen LogP contribution in [0.25, 0.3) is 22.3 Å². The molecule has 0 unspecified atom stereocenters. The summed E-state index contributed by atoms with van der Waals surface area (Å²) in [6.45, 7) is 2.13. The van der Waals surface area contributed by atoms with Crippen molar-refractivity contribution in [3.63, 3.8) is 0 Å². The molecule has 20 heavy (non-hydrogen) atoms. The lowest BCUT2D eigenvalue weighted by atomic mass is 9.99. The predicted octanol–water partition coefficient (Wildman–Crippen LogP) is 5.93. The normalized spacial score (nSPS) is 10.5. The Morgan fingerprint density at radius 1 is 0.600 bits per heavy atom. The van der Waals surface area contributed by atoms with Gasteiger partial charge in [-0.3, -0.25) is 0 Å². The standard InChI is InChI=1S/C19H15I/c1-14-4-2-5-17(12-14)15-8-10-16(11-9-15)18-6-3-7-19(20)13-18/h2-13H,1H3. The minimum absolute atomic E-state index is 1.26.